The average molecular weight is 302 g/mol. The molecule has 0 fully saturated rings. The van der Waals surface area contributed by atoms with Gasteiger partial charge in [-0.2, -0.15) is 36.0 Å². The molecule has 0 atom stereocenters. The number of para-hydroxylation sites is 2. The van der Waals surface area contributed by atoms with E-state index in [4.69, 9.17) is 0 Å². The van der Waals surface area contributed by atoms with Gasteiger partial charge in [0.05, 0.1) is 0 Å². The first kappa shape index (κ1) is 13.9. The first-order valence-electron chi connectivity index (χ1n) is 4.48. The maximum absolute atomic E-state index is 3.36. The van der Waals surface area contributed by atoms with Crippen LogP contribution in [-0.4, -0.2) is 23.1 Å². The van der Waals surface area contributed by atoms with Gasteiger partial charge < -0.3 is 22.3 Å². The number of rotatable bonds is 0. The van der Waals surface area contributed by atoms with Crippen molar-refractivity contribution < 1.29 is 17.0 Å². The summed E-state index contributed by atoms with van der Waals surface area (Å²) in [4.78, 5) is 2.52. The Labute approximate surface area is 126 Å². The summed E-state index contributed by atoms with van der Waals surface area (Å²) in [6.45, 7) is 0. The monoisotopic (exact) mass is 301 g/mol. The summed E-state index contributed by atoms with van der Waals surface area (Å²) in [6, 6.07) is 17.6. The minimum absolute atomic E-state index is 0. The largest absolute Gasteiger partial charge is 2.00 e. The van der Waals surface area contributed by atoms with E-state index in [9.17, 15) is 0 Å². The summed E-state index contributed by atoms with van der Waals surface area (Å²) in [6.07, 6.45) is 0. The molecule has 0 radical (unpaired) electrons. The molecule has 1 aliphatic heterocycles. The summed E-state index contributed by atoms with van der Waals surface area (Å²) >= 11 is 1.79. The molecule has 1 N–H and O–H groups in total. The number of hydrogen-bond acceptors (Lipinski definition) is 2. The van der Waals surface area contributed by atoms with Gasteiger partial charge >= 0.3 is 23.1 Å². The van der Waals surface area contributed by atoms with Crippen molar-refractivity contribution in [2.24, 2.45) is 0 Å². The molecule has 2 aromatic rings. The fourth-order valence-corrected chi connectivity index (χ4v) is 2.49. The number of hydrogen-bond donors (Lipinski definition) is 1. The van der Waals surface area contributed by atoms with Gasteiger partial charge in [0.2, 0.25) is 0 Å². The smallest absolute Gasteiger partial charge is 1.00 e. The molecule has 1 aliphatic rings. The van der Waals surface area contributed by atoms with Crippen LogP contribution in [0.15, 0.2) is 52.3 Å². The Balaban J connectivity index is 0.000000640. The summed E-state index contributed by atoms with van der Waals surface area (Å²) in [5.74, 6) is 0. The first-order valence-corrected chi connectivity index (χ1v) is 5.30. The molecule has 0 bridgehead atoms. The minimum atomic E-state index is 0. The van der Waals surface area contributed by atoms with E-state index >= 15 is 0 Å². The van der Waals surface area contributed by atoms with Crippen molar-refractivity contribution in [2.45, 2.75) is 9.79 Å². The Morgan fingerprint density at radius 2 is 1.75 bits per heavy atom. The van der Waals surface area contributed by atoms with Crippen molar-refractivity contribution in [3.05, 3.63) is 48.5 Å². The van der Waals surface area contributed by atoms with Crippen LogP contribution in [0.2, 0.25) is 0 Å². The Morgan fingerprint density at radius 3 is 2.62 bits per heavy atom. The van der Waals surface area contributed by atoms with Gasteiger partial charge in [-0.15, -0.1) is 0 Å². The molecule has 0 saturated carbocycles. The van der Waals surface area contributed by atoms with Gasteiger partial charge in [0.1, 0.15) is 0 Å². The Hall–Kier alpha value is -0.164. The molecule has 0 amide bonds. The minimum Gasteiger partial charge on any atom is -1.00 e. The molecule has 1 heterocycles. The maximum atomic E-state index is 3.36. The fourth-order valence-electron chi connectivity index (χ4n) is 1.52. The van der Waals surface area contributed by atoms with Gasteiger partial charge in [0.25, 0.3) is 0 Å². The second-order valence-corrected chi connectivity index (χ2v) is 4.22. The number of halogens is 1. The molecule has 4 heteroatoms. The molecule has 16 heavy (non-hydrogen) atoms. The zero-order chi connectivity index (χ0) is 9.38. The second kappa shape index (κ2) is 5.96. The van der Waals surface area contributed by atoms with Crippen molar-refractivity contribution in [1.29, 1.82) is 0 Å². The van der Waals surface area contributed by atoms with Crippen LogP contribution in [0, 0.1) is 6.07 Å². The van der Waals surface area contributed by atoms with E-state index in [0.717, 1.165) is 5.69 Å². The van der Waals surface area contributed by atoms with Crippen molar-refractivity contribution >= 4 is 46.2 Å². The molecule has 1 nitrogen and oxygen atoms in total. The third kappa shape index (κ3) is 2.56. The van der Waals surface area contributed by atoms with Crippen LogP contribution in [0.3, 0.4) is 0 Å². The van der Waals surface area contributed by atoms with Gasteiger partial charge in [0, 0.05) is 10.6 Å². The third-order valence-corrected chi connectivity index (χ3v) is 3.32. The number of benzene rings is 2. The number of fused-ring (bicyclic) bond motifs is 2. The van der Waals surface area contributed by atoms with Gasteiger partial charge in [-0.1, -0.05) is 22.7 Å². The van der Waals surface area contributed by atoms with Crippen molar-refractivity contribution in [1.82, 2.24) is 0 Å². The van der Waals surface area contributed by atoms with Crippen molar-refractivity contribution in [2.75, 3.05) is 5.32 Å². The predicted octanol–water partition coefficient (Wildman–Crippen LogP) is 0.318. The topological polar surface area (TPSA) is 12.0 Å². The van der Waals surface area contributed by atoms with Crippen LogP contribution >= 0.6 is 11.8 Å². The molecule has 0 spiro atoms. The number of nitrogens with one attached hydrogen (secondary N) is 1. The Kier molecular flexibility index (Phi) is 5.17. The fraction of sp³-hybridized carbons (Fsp3) is 0. The molecule has 3 rings (SSSR count). The van der Waals surface area contributed by atoms with Crippen LogP contribution in [0.1, 0.15) is 0 Å². The average Bonchev–Trinajstić information content (AvgIpc) is 2.26. The maximum Gasteiger partial charge on any atom is 2.00 e. The zero-order valence-electron chi connectivity index (χ0n) is 8.53. The first-order chi connectivity index (χ1) is 6.93. The van der Waals surface area contributed by atoms with E-state index in [-0.39, 0.29) is 40.0 Å². The van der Waals surface area contributed by atoms with Gasteiger partial charge in [-0.05, 0) is 12.1 Å². The molecule has 76 valence electrons. The standard InChI is InChI=1S/C12H8NS.BrH.Mg/c1-3-7-11-9(5-1)13-10-6-2-4-8-12(10)14-11;;/h1-5,7-8,13H;1H;/q-1;;+2/p-1. The molecule has 0 saturated heterocycles. The van der Waals surface area contributed by atoms with Crippen molar-refractivity contribution in [3.8, 4) is 0 Å². The molecule has 0 unspecified atom stereocenters. The van der Waals surface area contributed by atoms with E-state index in [0.29, 0.717) is 0 Å². The normalized spacial score (nSPS) is 11.0. The van der Waals surface area contributed by atoms with E-state index < -0.39 is 0 Å². The molecular formula is C12H8BrMgNS. The summed E-state index contributed by atoms with van der Waals surface area (Å²) < 4.78 is 0. The van der Waals surface area contributed by atoms with Gasteiger partial charge in [-0.25, -0.2) is 0 Å². The third-order valence-electron chi connectivity index (χ3n) is 2.18. The molecule has 2 aromatic carbocycles. The zero-order valence-corrected chi connectivity index (χ0v) is 12.4. The summed E-state index contributed by atoms with van der Waals surface area (Å²) in [5, 5.41) is 3.36. The molecule has 0 aliphatic carbocycles. The van der Waals surface area contributed by atoms with E-state index in [2.05, 4.69) is 35.6 Å². The Morgan fingerprint density at radius 1 is 1.00 bits per heavy atom. The summed E-state index contributed by atoms with van der Waals surface area (Å²) in [7, 11) is 0. The summed E-state index contributed by atoms with van der Waals surface area (Å²) in [5.41, 5.74) is 2.25. The SMILES string of the molecule is [Br-].[Mg+2].[c-]1cccc2c1Nc1ccccc1S2. The Bertz CT molecular complexity index is 402. The van der Waals surface area contributed by atoms with Crippen LogP contribution < -0.4 is 22.3 Å². The van der Waals surface area contributed by atoms with E-state index in [1.165, 1.54) is 15.5 Å². The van der Waals surface area contributed by atoms with Crippen LogP contribution in [0.4, 0.5) is 11.4 Å². The molecular weight excluding hydrogens is 294 g/mol. The van der Waals surface area contributed by atoms with Gasteiger partial charge in [0.15, 0.2) is 0 Å². The second-order valence-electron chi connectivity index (χ2n) is 3.13. The predicted molar refractivity (Wildman–Crippen MR) is 64.9 cm³/mol. The van der Waals surface area contributed by atoms with Crippen LogP contribution in [-0.2, 0) is 0 Å². The quantitative estimate of drug-likeness (QED) is 0.474. The molecule has 0 aromatic heterocycles. The van der Waals surface area contributed by atoms with Crippen LogP contribution in [0.25, 0.3) is 0 Å². The van der Waals surface area contributed by atoms with Gasteiger partial charge in [-0.3, -0.25) is 0 Å². The van der Waals surface area contributed by atoms with E-state index in [1.807, 2.05) is 18.2 Å². The van der Waals surface area contributed by atoms with Crippen molar-refractivity contribution in [3.63, 3.8) is 0 Å². The van der Waals surface area contributed by atoms with E-state index in [1.54, 1.807) is 11.8 Å². The van der Waals surface area contributed by atoms with Crippen LogP contribution in [0.5, 0.6) is 0 Å². The number of anilines is 2.